The molecule has 11 heavy (non-hydrogen) atoms. The molecule has 0 bridgehead atoms. The van der Waals surface area contributed by atoms with Crippen molar-refractivity contribution >= 4 is 5.97 Å². The van der Waals surface area contributed by atoms with Crippen LogP contribution in [0.5, 0.6) is 0 Å². The lowest BCUT2D eigenvalue weighted by atomic mass is 10.5. The molecule has 0 saturated heterocycles. The maximum Gasteiger partial charge on any atom is 0.355 e. The minimum Gasteiger partial charge on any atom is -0.412 e. The second kappa shape index (κ2) is 7.46. The van der Waals surface area contributed by atoms with Gasteiger partial charge in [-0.05, 0) is 13.1 Å². The van der Waals surface area contributed by atoms with Crippen LogP contribution in [0.1, 0.15) is 13.8 Å². The molecule has 68 valence electrons. The van der Waals surface area contributed by atoms with Gasteiger partial charge in [0.05, 0.1) is 0 Å². The van der Waals surface area contributed by atoms with Crippen molar-refractivity contribution in [1.29, 1.82) is 0 Å². The minimum absolute atomic E-state index is 0. The van der Waals surface area contributed by atoms with Crippen LogP contribution in [0.3, 0.4) is 0 Å². The molecule has 5 heteroatoms. The van der Waals surface area contributed by atoms with Crippen LogP contribution >= 0.6 is 0 Å². The third-order valence-electron chi connectivity index (χ3n) is 1.35. The van der Waals surface area contributed by atoms with E-state index in [0.717, 1.165) is 13.1 Å². The summed E-state index contributed by atoms with van der Waals surface area (Å²) in [7, 11) is 0. The summed E-state index contributed by atoms with van der Waals surface area (Å²) in [5.74, 6) is -0.608. The normalized spacial score (nSPS) is 9.09. The molecular formula is C6H15NO4. The molecule has 0 aromatic carbocycles. The van der Waals surface area contributed by atoms with Crippen molar-refractivity contribution in [3.05, 3.63) is 0 Å². The lowest BCUT2D eigenvalue weighted by molar-refractivity contribution is -0.235. The van der Waals surface area contributed by atoms with E-state index in [0.29, 0.717) is 0 Å². The molecule has 0 radical (unpaired) electrons. The third-order valence-corrected chi connectivity index (χ3v) is 1.35. The molecule has 5 nitrogen and oxygen atoms in total. The van der Waals surface area contributed by atoms with Crippen molar-refractivity contribution in [2.24, 2.45) is 0 Å². The number of hydrogen-bond donors (Lipinski definition) is 1. The average molecular weight is 165 g/mol. The summed E-state index contributed by atoms with van der Waals surface area (Å²) in [5.41, 5.74) is 0. The molecule has 0 aromatic heterocycles. The largest absolute Gasteiger partial charge is 0.412 e. The smallest absolute Gasteiger partial charge is 0.355 e. The molecule has 0 rings (SSSR count). The molecule has 0 amide bonds. The van der Waals surface area contributed by atoms with Gasteiger partial charge in [0.2, 0.25) is 0 Å². The van der Waals surface area contributed by atoms with E-state index in [2.05, 4.69) is 4.89 Å². The number of carbonyl (C=O) groups is 1. The molecule has 3 N–H and O–H groups in total. The molecule has 0 fully saturated rings. The highest BCUT2D eigenvalue weighted by atomic mass is 17.1. The van der Waals surface area contributed by atoms with Gasteiger partial charge in [0.1, 0.15) is 6.54 Å². The Balaban J connectivity index is 0. The Morgan fingerprint density at radius 1 is 1.45 bits per heavy atom. The fourth-order valence-electron chi connectivity index (χ4n) is 0.659. The van der Waals surface area contributed by atoms with Crippen LogP contribution in [0.15, 0.2) is 0 Å². The monoisotopic (exact) mass is 165 g/mol. The Bertz CT molecular complexity index is 103. The SMILES string of the molecule is CCN(CC)CC(=O)OO.O. The van der Waals surface area contributed by atoms with Gasteiger partial charge in [0.15, 0.2) is 0 Å². The number of hydrogen-bond acceptors (Lipinski definition) is 4. The Labute approximate surface area is 65.8 Å². The maximum atomic E-state index is 10.4. The highest BCUT2D eigenvalue weighted by molar-refractivity contribution is 5.70. The highest BCUT2D eigenvalue weighted by Crippen LogP contribution is 1.86. The summed E-state index contributed by atoms with van der Waals surface area (Å²) >= 11 is 0. The van der Waals surface area contributed by atoms with E-state index in [1.165, 1.54) is 0 Å². The van der Waals surface area contributed by atoms with E-state index in [-0.39, 0.29) is 12.0 Å². The summed E-state index contributed by atoms with van der Waals surface area (Å²) in [4.78, 5) is 15.8. The van der Waals surface area contributed by atoms with Gasteiger partial charge in [-0.15, -0.1) is 0 Å². The van der Waals surface area contributed by atoms with Gasteiger partial charge in [-0.3, -0.25) is 9.79 Å². The van der Waals surface area contributed by atoms with Gasteiger partial charge in [-0.1, -0.05) is 13.8 Å². The number of carbonyl (C=O) groups excluding carboxylic acids is 1. The predicted molar refractivity (Wildman–Crippen MR) is 40.1 cm³/mol. The molecule has 0 aliphatic rings. The van der Waals surface area contributed by atoms with Gasteiger partial charge >= 0.3 is 5.97 Å². The highest BCUT2D eigenvalue weighted by Gasteiger charge is 2.06. The van der Waals surface area contributed by atoms with Crippen molar-refractivity contribution in [1.82, 2.24) is 4.90 Å². The van der Waals surface area contributed by atoms with Crippen molar-refractivity contribution in [3.8, 4) is 0 Å². The lowest BCUT2D eigenvalue weighted by Gasteiger charge is -2.14. The summed E-state index contributed by atoms with van der Waals surface area (Å²) in [6, 6.07) is 0. The summed E-state index contributed by atoms with van der Waals surface area (Å²) in [6.07, 6.45) is 0. The number of nitrogens with zero attached hydrogens (tertiary/aromatic N) is 1. The molecule has 0 heterocycles. The molecule has 0 atom stereocenters. The third kappa shape index (κ3) is 5.78. The van der Waals surface area contributed by atoms with Crippen LogP contribution in [0, 0.1) is 0 Å². The van der Waals surface area contributed by atoms with E-state index in [4.69, 9.17) is 5.26 Å². The van der Waals surface area contributed by atoms with Crippen LogP contribution < -0.4 is 0 Å². The summed E-state index contributed by atoms with van der Waals surface area (Å²) in [6.45, 7) is 5.60. The Hall–Kier alpha value is -0.650. The summed E-state index contributed by atoms with van der Waals surface area (Å²) < 4.78 is 0. The molecule has 0 unspecified atom stereocenters. The second-order valence-corrected chi connectivity index (χ2v) is 1.92. The quantitative estimate of drug-likeness (QED) is 0.450. The Morgan fingerprint density at radius 3 is 2.18 bits per heavy atom. The fourth-order valence-corrected chi connectivity index (χ4v) is 0.659. The zero-order chi connectivity index (χ0) is 7.98. The second-order valence-electron chi connectivity index (χ2n) is 1.92. The summed E-state index contributed by atoms with van der Waals surface area (Å²) in [5, 5.41) is 7.90. The first-order valence-electron chi connectivity index (χ1n) is 3.31. The Morgan fingerprint density at radius 2 is 1.91 bits per heavy atom. The average Bonchev–Trinajstić information content (AvgIpc) is 1.99. The molecule has 0 aliphatic carbocycles. The van der Waals surface area contributed by atoms with E-state index in [1.807, 2.05) is 18.7 Å². The first kappa shape index (κ1) is 13.0. The lowest BCUT2D eigenvalue weighted by Crippen LogP contribution is -2.30. The number of rotatable bonds is 4. The van der Waals surface area contributed by atoms with Gasteiger partial charge in [0, 0.05) is 0 Å². The molecule has 0 spiro atoms. The zero-order valence-corrected chi connectivity index (χ0v) is 6.83. The van der Waals surface area contributed by atoms with Crippen LogP contribution in [-0.2, 0) is 9.68 Å². The van der Waals surface area contributed by atoms with Gasteiger partial charge < -0.3 is 5.48 Å². The number of likely N-dealkylation sites (N-methyl/N-ethyl adjacent to an activating group) is 1. The van der Waals surface area contributed by atoms with E-state index in [1.54, 1.807) is 0 Å². The standard InChI is InChI=1S/C6H13NO3.H2O/c1-3-7(4-2)5-6(8)10-9;/h9H,3-5H2,1-2H3;1H2. The maximum absolute atomic E-state index is 10.4. The first-order valence-corrected chi connectivity index (χ1v) is 3.31. The van der Waals surface area contributed by atoms with Crippen molar-refractivity contribution < 1.29 is 20.4 Å². The van der Waals surface area contributed by atoms with Crippen molar-refractivity contribution in [2.75, 3.05) is 19.6 Å². The van der Waals surface area contributed by atoms with E-state index in [9.17, 15) is 4.79 Å². The molecule has 0 aliphatic heterocycles. The molecule has 0 saturated carbocycles. The van der Waals surface area contributed by atoms with E-state index >= 15 is 0 Å². The topological polar surface area (TPSA) is 81.3 Å². The van der Waals surface area contributed by atoms with Crippen molar-refractivity contribution in [3.63, 3.8) is 0 Å². The predicted octanol–water partition coefficient (Wildman–Crippen LogP) is -0.480. The van der Waals surface area contributed by atoms with Crippen LogP contribution in [0.4, 0.5) is 0 Å². The van der Waals surface area contributed by atoms with Gasteiger partial charge in [-0.2, -0.15) is 5.26 Å². The molecular weight excluding hydrogens is 150 g/mol. The Kier molecular flexibility index (Phi) is 8.80. The zero-order valence-electron chi connectivity index (χ0n) is 6.83. The molecule has 0 aromatic rings. The van der Waals surface area contributed by atoms with Gasteiger partial charge in [0.25, 0.3) is 0 Å². The van der Waals surface area contributed by atoms with E-state index < -0.39 is 5.97 Å². The van der Waals surface area contributed by atoms with Gasteiger partial charge in [-0.25, -0.2) is 4.79 Å². The van der Waals surface area contributed by atoms with Crippen LogP contribution in [0.25, 0.3) is 0 Å². The first-order chi connectivity index (χ1) is 4.74. The van der Waals surface area contributed by atoms with Crippen LogP contribution in [0.2, 0.25) is 0 Å². The fraction of sp³-hybridized carbons (Fsp3) is 0.833. The van der Waals surface area contributed by atoms with Crippen LogP contribution in [-0.4, -0.2) is 41.2 Å². The van der Waals surface area contributed by atoms with Crippen molar-refractivity contribution in [2.45, 2.75) is 13.8 Å². The minimum atomic E-state index is -0.608.